The molecule has 0 fully saturated rings. The highest BCUT2D eigenvalue weighted by Crippen LogP contribution is 2.23. The molecule has 0 aliphatic rings. The van der Waals surface area contributed by atoms with Crippen LogP contribution < -0.4 is 10.6 Å². The first-order chi connectivity index (χ1) is 13.5. The Morgan fingerprint density at radius 3 is 2.50 bits per heavy atom. The monoisotopic (exact) mass is 389 g/mol. The zero-order valence-corrected chi connectivity index (χ0v) is 14.5. The molecule has 1 aromatic heterocycles. The summed E-state index contributed by atoms with van der Waals surface area (Å²) in [5, 5.41) is 5.19. The van der Waals surface area contributed by atoms with Crippen LogP contribution in [0.5, 0.6) is 0 Å². The van der Waals surface area contributed by atoms with Crippen molar-refractivity contribution < 1.29 is 22.4 Å². The summed E-state index contributed by atoms with van der Waals surface area (Å²) >= 11 is 0. The highest BCUT2D eigenvalue weighted by molar-refractivity contribution is 5.94. The number of nitrogens with zero attached hydrogens (tertiary/aromatic N) is 1. The lowest BCUT2D eigenvalue weighted by Gasteiger charge is -2.10. The van der Waals surface area contributed by atoms with E-state index in [9.17, 15) is 22.4 Å². The summed E-state index contributed by atoms with van der Waals surface area (Å²) in [4.78, 5) is 16.1. The average molecular weight is 389 g/mol. The van der Waals surface area contributed by atoms with Crippen molar-refractivity contribution in [3.63, 3.8) is 0 Å². The predicted molar refractivity (Wildman–Crippen MR) is 96.3 cm³/mol. The Bertz CT molecular complexity index is 1010. The second kappa shape index (κ2) is 8.51. The van der Waals surface area contributed by atoms with E-state index in [1.54, 1.807) is 18.2 Å². The van der Waals surface area contributed by atoms with Crippen LogP contribution in [0.3, 0.4) is 0 Å². The molecule has 28 heavy (non-hydrogen) atoms. The van der Waals surface area contributed by atoms with Crippen molar-refractivity contribution in [3.05, 3.63) is 89.3 Å². The molecular weight excluding hydrogens is 374 g/mol. The molecule has 4 nitrogen and oxygen atoms in total. The number of halogens is 4. The fourth-order valence-electron chi connectivity index (χ4n) is 2.52. The molecule has 1 heterocycles. The van der Waals surface area contributed by atoms with E-state index < -0.39 is 23.4 Å². The minimum Gasteiger partial charge on any atom is -0.352 e. The van der Waals surface area contributed by atoms with Gasteiger partial charge in [-0.1, -0.05) is 18.2 Å². The number of carbonyl (C=O) groups excluding carboxylic acids is 1. The summed E-state index contributed by atoms with van der Waals surface area (Å²) in [6.07, 6.45) is 2.91. The second-order valence-corrected chi connectivity index (χ2v) is 5.91. The molecule has 0 saturated carbocycles. The third-order valence-electron chi connectivity index (χ3n) is 3.95. The van der Waals surface area contributed by atoms with Crippen molar-refractivity contribution >= 4 is 17.3 Å². The third kappa shape index (κ3) is 4.46. The van der Waals surface area contributed by atoms with Crippen LogP contribution in [0.4, 0.5) is 28.9 Å². The first kappa shape index (κ1) is 19.3. The molecule has 0 aliphatic heterocycles. The van der Waals surface area contributed by atoms with Crippen molar-refractivity contribution in [2.45, 2.75) is 6.42 Å². The van der Waals surface area contributed by atoms with Crippen LogP contribution in [0, 0.1) is 23.3 Å². The molecule has 0 unspecified atom stereocenters. The first-order valence-corrected chi connectivity index (χ1v) is 8.33. The number of aromatic nitrogens is 1. The van der Waals surface area contributed by atoms with E-state index in [1.807, 2.05) is 0 Å². The fraction of sp³-hybridized carbons (Fsp3) is 0.100. The largest absolute Gasteiger partial charge is 0.352 e. The lowest BCUT2D eigenvalue weighted by molar-refractivity contribution is 0.0953. The molecule has 0 spiro atoms. The third-order valence-corrected chi connectivity index (χ3v) is 3.95. The van der Waals surface area contributed by atoms with E-state index in [4.69, 9.17) is 0 Å². The molecule has 144 valence electrons. The Kier molecular flexibility index (Phi) is 5.88. The molecule has 8 heteroatoms. The quantitative estimate of drug-likeness (QED) is 0.487. The minimum atomic E-state index is -1.60. The van der Waals surface area contributed by atoms with Gasteiger partial charge in [-0.15, -0.1) is 0 Å². The van der Waals surface area contributed by atoms with Crippen molar-refractivity contribution in [3.8, 4) is 0 Å². The van der Waals surface area contributed by atoms with Gasteiger partial charge in [-0.25, -0.2) is 17.6 Å². The maximum atomic E-state index is 13.8. The number of amides is 1. The smallest absolute Gasteiger partial charge is 0.252 e. The number of benzene rings is 2. The maximum absolute atomic E-state index is 13.8. The second-order valence-electron chi connectivity index (χ2n) is 5.91. The molecule has 1 amide bonds. The number of carbonyl (C=O) groups is 1. The summed E-state index contributed by atoms with van der Waals surface area (Å²) in [5.41, 5.74) is 0.566. The van der Waals surface area contributed by atoms with E-state index in [0.29, 0.717) is 12.0 Å². The summed E-state index contributed by atoms with van der Waals surface area (Å²) < 4.78 is 53.6. The SMILES string of the molecule is O=C(NCCc1ccccc1F)c1cncc(Nc2ccc(F)c(F)c2F)c1. The van der Waals surface area contributed by atoms with Crippen molar-refractivity contribution in [1.29, 1.82) is 0 Å². The summed E-state index contributed by atoms with van der Waals surface area (Å²) in [6.45, 7) is 0.204. The van der Waals surface area contributed by atoms with Crippen LogP contribution in [-0.2, 0) is 6.42 Å². The maximum Gasteiger partial charge on any atom is 0.252 e. The molecule has 0 bridgehead atoms. The van der Waals surface area contributed by atoms with E-state index in [-0.39, 0.29) is 29.3 Å². The molecular formula is C20H15F4N3O. The summed E-state index contributed by atoms with van der Waals surface area (Å²) in [7, 11) is 0. The first-order valence-electron chi connectivity index (χ1n) is 8.33. The minimum absolute atomic E-state index is 0.168. The van der Waals surface area contributed by atoms with Gasteiger partial charge >= 0.3 is 0 Å². The molecule has 3 rings (SSSR count). The molecule has 0 aliphatic carbocycles. The van der Waals surface area contributed by atoms with Crippen molar-refractivity contribution in [1.82, 2.24) is 10.3 Å². The van der Waals surface area contributed by atoms with Crippen LogP contribution in [0.2, 0.25) is 0 Å². The van der Waals surface area contributed by atoms with Gasteiger partial charge in [0.2, 0.25) is 0 Å². The van der Waals surface area contributed by atoms with E-state index >= 15 is 0 Å². The fourth-order valence-corrected chi connectivity index (χ4v) is 2.52. The van der Waals surface area contributed by atoms with Gasteiger partial charge in [0.25, 0.3) is 5.91 Å². The normalized spacial score (nSPS) is 10.6. The number of hydrogen-bond donors (Lipinski definition) is 2. The highest BCUT2D eigenvalue weighted by atomic mass is 19.2. The molecule has 0 saturated heterocycles. The van der Waals surface area contributed by atoms with Crippen molar-refractivity contribution in [2.24, 2.45) is 0 Å². The number of nitrogens with one attached hydrogen (secondary N) is 2. The van der Waals surface area contributed by atoms with Gasteiger partial charge in [0.15, 0.2) is 17.5 Å². The number of anilines is 2. The zero-order valence-electron chi connectivity index (χ0n) is 14.5. The Labute approximate surface area is 158 Å². The topological polar surface area (TPSA) is 54.0 Å². The Morgan fingerprint density at radius 2 is 1.71 bits per heavy atom. The van der Waals surface area contributed by atoms with Crippen LogP contribution in [0.25, 0.3) is 0 Å². The molecule has 0 atom stereocenters. The van der Waals surface area contributed by atoms with E-state index in [2.05, 4.69) is 15.6 Å². The Morgan fingerprint density at radius 1 is 0.929 bits per heavy atom. The van der Waals surface area contributed by atoms with Gasteiger partial charge in [-0.2, -0.15) is 0 Å². The predicted octanol–water partition coefficient (Wildman–Crippen LogP) is 4.35. The lowest BCUT2D eigenvalue weighted by atomic mass is 10.1. The Balaban J connectivity index is 1.65. The molecule has 2 aromatic carbocycles. The van der Waals surface area contributed by atoms with Crippen molar-refractivity contribution in [2.75, 3.05) is 11.9 Å². The van der Waals surface area contributed by atoms with Gasteiger partial charge in [0.05, 0.1) is 23.1 Å². The summed E-state index contributed by atoms with van der Waals surface area (Å²) in [5.74, 6) is -5.08. The average Bonchev–Trinajstić information content (AvgIpc) is 2.70. The van der Waals surface area contributed by atoms with E-state index in [1.165, 1.54) is 24.5 Å². The summed E-state index contributed by atoms with van der Waals surface area (Å²) in [6, 6.07) is 9.46. The highest BCUT2D eigenvalue weighted by Gasteiger charge is 2.14. The number of pyridine rings is 1. The standard InChI is InChI=1S/C20H15F4N3O/c21-15-4-2-1-3-12(15)7-8-26-20(28)13-9-14(11-25-10-13)27-17-6-5-16(22)18(23)19(17)24/h1-6,9-11,27H,7-8H2,(H,26,28). The van der Waals surface area contributed by atoms with Crippen LogP contribution in [-0.4, -0.2) is 17.4 Å². The van der Waals surface area contributed by atoms with E-state index in [0.717, 1.165) is 12.1 Å². The molecule has 0 radical (unpaired) electrons. The Hall–Kier alpha value is -3.42. The van der Waals surface area contributed by atoms with Gasteiger partial charge < -0.3 is 10.6 Å². The van der Waals surface area contributed by atoms with Gasteiger partial charge in [0.1, 0.15) is 5.82 Å². The number of hydrogen-bond acceptors (Lipinski definition) is 3. The van der Waals surface area contributed by atoms with Crippen LogP contribution in [0.15, 0.2) is 54.9 Å². The van der Waals surface area contributed by atoms with Crippen LogP contribution in [0.1, 0.15) is 15.9 Å². The zero-order chi connectivity index (χ0) is 20.1. The van der Waals surface area contributed by atoms with Gasteiger partial charge in [-0.3, -0.25) is 9.78 Å². The lowest BCUT2D eigenvalue weighted by Crippen LogP contribution is -2.26. The number of rotatable bonds is 6. The van der Waals surface area contributed by atoms with Gasteiger partial charge in [0, 0.05) is 12.7 Å². The van der Waals surface area contributed by atoms with Gasteiger partial charge in [-0.05, 0) is 36.2 Å². The molecule has 2 N–H and O–H groups in total. The van der Waals surface area contributed by atoms with Crippen LogP contribution >= 0.6 is 0 Å². The molecule has 3 aromatic rings.